The maximum Gasteiger partial charge on any atom is 0.408 e. The predicted octanol–water partition coefficient (Wildman–Crippen LogP) is 3.09. The molecule has 0 spiro atoms. The Morgan fingerprint density at radius 1 is 1.06 bits per heavy atom. The third kappa shape index (κ3) is 8.74. The second-order valence-electron chi connectivity index (χ2n) is 7.93. The Kier molecular flexibility index (Phi) is 8.96. The summed E-state index contributed by atoms with van der Waals surface area (Å²) < 4.78 is 24.3. The van der Waals surface area contributed by atoms with E-state index in [0.29, 0.717) is 12.0 Å². The first-order valence-electron chi connectivity index (χ1n) is 9.99. The van der Waals surface area contributed by atoms with Gasteiger partial charge in [-0.25, -0.2) is 9.18 Å². The van der Waals surface area contributed by atoms with Gasteiger partial charge in [-0.15, -0.1) is 0 Å². The van der Waals surface area contributed by atoms with Gasteiger partial charge >= 0.3 is 6.09 Å². The maximum absolute atomic E-state index is 13.4. The van der Waals surface area contributed by atoms with Crippen LogP contribution in [-0.2, 0) is 20.7 Å². The highest BCUT2D eigenvalue weighted by Gasteiger charge is 2.26. The van der Waals surface area contributed by atoms with Crippen LogP contribution in [0.4, 0.5) is 9.18 Å². The Hall–Kier alpha value is -2.97. The molecule has 0 radical (unpaired) electrons. The Labute approximate surface area is 181 Å². The number of carbonyl (C=O) groups is 2. The minimum atomic E-state index is -1.21. The highest BCUT2D eigenvalue weighted by molar-refractivity contribution is 5.86. The number of alkyl carbamates (subject to hydrolysis) is 1. The summed E-state index contributed by atoms with van der Waals surface area (Å²) in [5, 5.41) is 14.6. The molecule has 31 heavy (non-hydrogen) atoms. The molecule has 0 aromatic heterocycles. The van der Waals surface area contributed by atoms with Crippen molar-refractivity contribution < 1.29 is 28.6 Å². The third-order valence-corrected chi connectivity index (χ3v) is 4.13. The number of aliphatic hydroxyl groups excluding tert-OH is 1. The molecule has 0 aliphatic heterocycles. The van der Waals surface area contributed by atoms with Crippen LogP contribution < -0.4 is 10.6 Å². The number of halogens is 1. The van der Waals surface area contributed by atoms with Crippen LogP contribution in [0.5, 0.6) is 0 Å². The van der Waals surface area contributed by atoms with Crippen LogP contribution in [0.2, 0.25) is 0 Å². The van der Waals surface area contributed by atoms with Gasteiger partial charge in [-0.3, -0.25) is 4.79 Å². The number of hydrogen-bond acceptors (Lipinski definition) is 5. The summed E-state index contributed by atoms with van der Waals surface area (Å²) in [4.78, 5) is 24.6. The first-order chi connectivity index (χ1) is 14.7. The summed E-state index contributed by atoms with van der Waals surface area (Å²) in [5.74, 6) is -0.961. The normalized spacial score (nSPS) is 13.2. The molecule has 2 aromatic rings. The van der Waals surface area contributed by atoms with Crippen molar-refractivity contribution in [1.82, 2.24) is 10.6 Å². The Balaban J connectivity index is 2.02. The average Bonchev–Trinajstić information content (AvgIpc) is 2.70. The molecule has 0 bridgehead atoms. The molecule has 2 atom stereocenters. The van der Waals surface area contributed by atoms with E-state index in [1.165, 1.54) is 12.1 Å². The van der Waals surface area contributed by atoms with Gasteiger partial charge in [0, 0.05) is 5.56 Å². The van der Waals surface area contributed by atoms with Gasteiger partial charge in [0.25, 0.3) is 0 Å². The van der Waals surface area contributed by atoms with Gasteiger partial charge in [0.2, 0.25) is 5.91 Å². The van der Waals surface area contributed by atoms with Gasteiger partial charge in [0.05, 0.1) is 13.2 Å². The van der Waals surface area contributed by atoms with Gasteiger partial charge < -0.3 is 25.2 Å². The zero-order valence-electron chi connectivity index (χ0n) is 17.9. The molecule has 0 aliphatic rings. The van der Waals surface area contributed by atoms with E-state index >= 15 is 0 Å². The van der Waals surface area contributed by atoms with E-state index < -0.39 is 36.5 Å². The number of rotatable bonds is 9. The molecular weight excluding hydrogens is 403 g/mol. The van der Waals surface area contributed by atoms with Crippen molar-refractivity contribution in [3.63, 3.8) is 0 Å². The summed E-state index contributed by atoms with van der Waals surface area (Å²) in [5.41, 5.74) is 0.703. The summed E-state index contributed by atoms with van der Waals surface area (Å²) in [7, 11) is 0. The van der Waals surface area contributed by atoms with Crippen molar-refractivity contribution >= 4 is 12.0 Å². The lowest BCUT2D eigenvalue weighted by atomic mass is 10.1. The Morgan fingerprint density at radius 2 is 1.77 bits per heavy atom. The molecule has 2 unspecified atom stereocenters. The van der Waals surface area contributed by atoms with Crippen LogP contribution in [0, 0.1) is 5.82 Å². The third-order valence-electron chi connectivity index (χ3n) is 4.13. The predicted molar refractivity (Wildman–Crippen MR) is 114 cm³/mol. The number of benzene rings is 2. The minimum Gasteiger partial charge on any atom is -0.444 e. The molecule has 0 heterocycles. The Morgan fingerprint density at radius 3 is 2.39 bits per heavy atom. The molecule has 168 valence electrons. The number of nitrogens with one attached hydrogen (secondary N) is 2. The molecule has 2 aromatic carbocycles. The van der Waals surface area contributed by atoms with Crippen molar-refractivity contribution in [2.24, 2.45) is 0 Å². The van der Waals surface area contributed by atoms with Crippen LogP contribution in [0.3, 0.4) is 0 Å². The van der Waals surface area contributed by atoms with Crippen molar-refractivity contribution in [2.75, 3.05) is 13.2 Å². The first-order valence-corrected chi connectivity index (χ1v) is 9.99. The van der Waals surface area contributed by atoms with Gasteiger partial charge in [-0.05, 0) is 44.9 Å². The van der Waals surface area contributed by atoms with Crippen molar-refractivity contribution in [3.05, 3.63) is 71.5 Å². The number of amides is 2. The fourth-order valence-corrected chi connectivity index (χ4v) is 2.71. The van der Waals surface area contributed by atoms with E-state index in [0.717, 1.165) is 5.56 Å². The van der Waals surface area contributed by atoms with Crippen molar-refractivity contribution in [1.29, 1.82) is 0 Å². The quantitative estimate of drug-likeness (QED) is 0.529. The average molecular weight is 432 g/mol. The van der Waals surface area contributed by atoms with Crippen LogP contribution in [0.15, 0.2) is 54.6 Å². The fourth-order valence-electron chi connectivity index (χ4n) is 2.71. The second-order valence-corrected chi connectivity index (χ2v) is 7.93. The van der Waals surface area contributed by atoms with Gasteiger partial charge in [0.15, 0.2) is 6.23 Å². The first kappa shape index (κ1) is 24.3. The smallest absolute Gasteiger partial charge is 0.408 e. The lowest BCUT2D eigenvalue weighted by Crippen LogP contribution is -2.51. The van der Waals surface area contributed by atoms with Crippen molar-refractivity contribution in [2.45, 2.75) is 45.1 Å². The van der Waals surface area contributed by atoms with Gasteiger partial charge in [-0.2, -0.15) is 0 Å². The molecule has 0 fully saturated rings. The summed E-state index contributed by atoms with van der Waals surface area (Å²) in [6, 6.07) is 14.0. The van der Waals surface area contributed by atoms with Crippen LogP contribution >= 0.6 is 0 Å². The van der Waals surface area contributed by atoms with Crippen LogP contribution in [0.25, 0.3) is 0 Å². The summed E-state index contributed by atoms with van der Waals surface area (Å²) in [6.45, 7) is 4.68. The lowest BCUT2D eigenvalue weighted by molar-refractivity contribution is -0.128. The summed E-state index contributed by atoms with van der Waals surface area (Å²) >= 11 is 0. The van der Waals surface area contributed by atoms with E-state index in [-0.39, 0.29) is 12.4 Å². The molecule has 0 saturated heterocycles. The largest absolute Gasteiger partial charge is 0.444 e. The van der Waals surface area contributed by atoms with E-state index in [1.54, 1.807) is 57.2 Å². The maximum atomic E-state index is 13.4. The topological polar surface area (TPSA) is 96.9 Å². The lowest BCUT2D eigenvalue weighted by Gasteiger charge is -2.25. The second kappa shape index (κ2) is 11.4. The van der Waals surface area contributed by atoms with E-state index in [9.17, 15) is 19.1 Å². The number of ether oxygens (including phenoxy) is 2. The van der Waals surface area contributed by atoms with Crippen molar-refractivity contribution in [3.8, 4) is 0 Å². The molecule has 8 heteroatoms. The SMILES string of the molecule is CC(C)(C)OC(=O)NC(CO)C(=O)NC(OCCc1cccc(F)c1)c1ccccc1. The minimum absolute atomic E-state index is 0.215. The van der Waals surface area contributed by atoms with Crippen LogP contribution in [-0.4, -0.2) is 42.0 Å². The highest BCUT2D eigenvalue weighted by Crippen LogP contribution is 2.16. The van der Waals surface area contributed by atoms with Gasteiger partial charge in [-0.1, -0.05) is 42.5 Å². The van der Waals surface area contributed by atoms with Gasteiger partial charge in [0.1, 0.15) is 17.5 Å². The van der Waals surface area contributed by atoms with E-state index in [4.69, 9.17) is 9.47 Å². The molecule has 2 rings (SSSR count). The summed E-state index contributed by atoms with van der Waals surface area (Å²) in [6.07, 6.45) is -1.20. The Bertz CT molecular complexity index is 855. The zero-order valence-corrected chi connectivity index (χ0v) is 17.9. The number of carbonyl (C=O) groups excluding carboxylic acids is 2. The highest BCUT2D eigenvalue weighted by atomic mass is 19.1. The molecular formula is C23H29FN2O5. The van der Waals surface area contributed by atoms with Crippen LogP contribution in [0.1, 0.15) is 38.1 Å². The standard InChI is InChI=1S/C23H29FN2O5/c1-23(2,3)31-22(29)25-19(15-27)20(28)26-21(17-9-5-4-6-10-17)30-13-12-16-8-7-11-18(24)14-16/h4-11,14,19,21,27H,12-13,15H2,1-3H3,(H,25,29)(H,26,28). The fraction of sp³-hybridized carbons (Fsp3) is 0.391. The number of hydrogen-bond donors (Lipinski definition) is 3. The molecule has 3 N–H and O–H groups in total. The monoisotopic (exact) mass is 432 g/mol. The zero-order chi connectivity index (χ0) is 22.9. The van der Waals surface area contributed by atoms with E-state index in [2.05, 4.69) is 10.6 Å². The molecule has 2 amide bonds. The van der Waals surface area contributed by atoms with E-state index in [1.807, 2.05) is 6.07 Å². The molecule has 7 nitrogen and oxygen atoms in total. The molecule has 0 saturated carbocycles. The molecule has 0 aliphatic carbocycles. The number of aliphatic hydroxyl groups is 1.